The van der Waals surface area contributed by atoms with E-state index in [2.05, 4.69) is 9.83 Å². The van der Waals surface area contributed by atoms with Crippen LogP contribution >= 0.6 is 11.8 Å². The summed E-state index contributed by atoms with van der Waals surface area (Å²) in [5.74, 6) is -0.110. The van der Waals surface area contributed by atoms with Gasteiger partial charge in [-0.2, -0.15) is 16.5 Å². The quantitative estimate of drug-likeness (QED) is 0.564. The first-order valence-corrected chi connectivity index (χ1v) is 9.96. The van der Waals surface area contributed by atoms with E-state index in [0.29, 0.717) is 0 Å². The van der Waals surface area contributed by atoms with Gasteiger partial charge in [0.15, 0.2) is 0 Å². The van der Waals surface area contributed by atoms with Crippen molar-refractivity contribution in [2.24, 2.45) is 0 Å². The lowest BCUT2D eigenvalue weighted by Crippen LogP contribution is -2.52. The fraction of sp³-hybridized carbons (Fsp3) is 0.562. The first kappa shape index (κ1) is 19.4. The van der Waals surface area contributed by atoms with Crippen molar-refractivity contribution in [2.45, 2.75) is 49.5 Å². The molecular formula is C16H25NO5S2. The first-order valence-electron chi connectivity index (χ1n) is 7.90. The summed E-state index contributed by atoms with van der Waals surface area (Å²) >= 11 is 1.24. The minimum atomic E-state index is -3.85. The van der Waals surface area contributed by atoms with Gasteiger partial charge in [-0.3, -0.25) is 4.79 Å². The first-order chi connectivity index (χ1) is 11.5. The molecule has 0 spiro atoms. The molecule has 0 aromatic heterocycles. The summed E-state index contributed by atoms with van der Waals surface area (Å²) < 4.78 is 33.5. The zero-order valence-corrected chi connectivity index (χ0v) is 15.9. The number of aliphatic hydroxyl groups is 2. The molecule has 1 aromatic rings. The van der Waals surface area contributed by atoms with Crippen molar-refractivity contribution >= 4 is 27.6 Å². The van der Waals surface area contributed by atoms with Crippen molar-refractivity contribution in [1.82, 2.24) is 4.72 Å². The van der Waals surface area contributed by atoms with Gasteiger partial charge in [-0.1, -0.05) is 17.7 Å². The summed E-state index contributed by atoms with van der Waals surface area (Å²) in [6.07, 6.45) is -0.872. The van der Waals surface area contributed by atoms with Crippen LogP contribution in [-0.4, -0.2) is 55.1 Å². The van der Waals surface area contributed by atoms with Crippen molar-refractivity contribution in [3.8, 4) is 0 Å². The number of hydrogen-bond acceptors (Lipinski definition) is 6. The zero-order valence-electron chi connectivity index (χ0n) is 15.3. The van der Waals surface area contributed by atoms with Crippen molar-refractivity contribution in [3.05, 3.63) is 29.8 Å². The molecule has 1 unspecified atom stereocenters. The molecular weight excluding hydrogens is 350 g/mol. The van der Waals surface area contributed by atoms with E-state index in [1.54, 1.807) is 26.0 Å². The number of benzene rings is 1. The summed E-state index contributed by atoms with van der Waals surface area (Å²) in [4.78, 5) is 12.2. The molecule has 0 aliphatic heterocycles. The van der Waals surface area contributed by atoms with E-state index in [4.69, 9.17) is 1.43 Å². The highest BCUT2D eigenvalue weighted by Crippen LogP contribution is 2.30. The lowest BCUT2D eigenvalue weighted by molar-refractivity contribution is -0.119. The van der Waals surface area contributed by atoms with Crippen LogP contribution in [0.1, 0.15) is 26.3 Å². The van der Waals surface area contributed by atoms with E-state index in [1.165, 1.54) is 30.8 Å². The van der Waals surface area contributed by atoms with Gasteiger partial charge in [0, 0.05) is 10.5 Å². The minimum Gasteiger partial charge on any atom is -0.394 e. The molecule has 1 rings (SSSR count). The van der Waals surface area contributed by atoms with Gasteiger partial charge in [0.2, 0.25) is 11.5 Å². The molecule has 0 amide bonds. The average molecular weight is 378 g/mol. The second kappa shape index (κ2) is 8.44. The van der Waals surface area contributed by atoms with Crippen LogP contribution in [0.3, 0.4) is 0 Å². The Morgan fingerprint density at radius 1 is 1.38 bits per heavy atom. The molecule has 0 bridgehead atoms. The Kier molecular flexibility index (Phi) is 6.82. The van der Waals surface area contributed by atoms with Crippen LogP contribution in [0.5, 0.6) is 0 Å². The van der Waals surface area contributed by atoms with Gasteiger partial charge < -0.3 is 10.2 Å². The molecule has 6 nitrogen and oxygen atoms in total. The Hall–Kier alpha value is -0.930. The number of ketones is 1. The van der Waals surface area contributed by atoms with Gasteiger partial charge in [0.25, 0.3) is 0 Å². The number of nitrogens with one attached hydrogen (secondary N) is 1. The van der Waals surface area contributed by atoms with E-state index in [9.17, 15) is 18.3 Å². The molecule has 0 radical (unpaired) electrons. The SMILES string of the molecule is [3H]OCC(O)CSC(C)(C)[C@@H](NS(=O)(=O)c1ccc(C)cc1)C(C)=O. The minimum absolute atomic E-state index is 0.0905. The smallest absolute Gasteiger partial charge is 0.241 e. The second-order valence-electron chi connectivity index (χ2n) is 6.21. The third kappa shape index (κ3) is 5.86. The number of hydrogen-bond donors (Lipinski definition) is 3. The largest absolute Gasteiger partial charge is 0.394 e. The summed E-state index contributed by atoms with van der Waals surface area (Å²) in [7, 11) is -3.85. The van der Waals surface area contributed by atoms with Crippen molar-refractivity contribution in [1.29, 1.82) is 1.43 Å². The van der Waals surface area contributed by atoms with E-state index in [1.807, 2.05) is 6.92 Å². The van der Waals surface area contributed by atoms with Crippen LogP contribution in [0.15, 0.2) is 29.2 Å². The van der Waals surface area contributed by atoms with Crippen LogP contribution in [0, 0.1) is 6.92 Å². The van der Waals surface area contributed by atoms with Crippen molar-refractivity contribution in [3.63, 3.8) is 0 Å². The Morgan fingerprint density at radius 3 is 2.46 bits per heavy atom. The molecule has 24 heavy (non-hydrogen) atoms. The van der Waals surface area contributed by atoms with Gasteiger partial charge in [-0.25, -0.2) is 8.42 Å². The highest BCUT2D eigenvalue weighted by molar-refractivity contribution is 8.00. The maximum atomic E-state index is 12.6. The highest BCUT2D eigenvalue weighted by atomic mass is 32.2. The molecule has 2 atom stereocenters. The van der Waals surface area contributed by atoms with Crippen molar-refractivity contribution < 1.29 is 23.4 Å². The maximum absolute atomic E-state index is 12.6. The topological polar surface area (TPSA) is 104 Å². The molecule has 0 aliphatic carbocycles. The van der Waals surface area contributed by atoms with Gasteiger partial charge >= 0.3 is 0 Å². The lowest BCUT2D eigenvalue weighted by atomic mass is 10.0. The maximum Gasteiger partial charge on any atom is 0.241 e. The molecule has 0 fully saturated rings. The van der Waals surface area contributed by atoms with Gasteiger partial charge in [0.1, 0.15) is 5.78 Å². The number of carbonyl (C=O) groups excluding carboxylic acids is 1. The van der Waals surface area contributed by atoms with Gasteiger partial charge in [-0.05, 0) is 39.8 Å². The van der Waals surface area contributed by atoms with Crippen molar-refractivity contribution in [2.75, 3.05) is 12.4 Å². The summed E-state index contributed by atoms with van der Waals surface area (Å²) in [5, 5.41) is 13.8. The molecule has 0 heterocycles. The number of carbonyl (C=O) groups is 1. The number of aryl methyl sites for hydroxylation is 1. The second-order valence-corrected chi connectivity index (χ2v) is 9.60. The Bertz CT molecular complexity index is 676. The van der Waals surface area contributed by atoms with Crippen LogP contribution < -0.4 is 4.72 Å². The predicted octanol–water partition coefficient (Wildman–Crippen LogP) is 1.10. The van der Waals surface area contributed by atoms with Crippen LogP contribution in [0.2, 0.25) is 0 Å². The molecule has 1 aromatic carbocycles. The predicted molar refractivity (Wildman–Crippen MR) is 95.6 cm³/mol. The summed E-state index contributed by atoms with van der Waals surface area (Å²) in [6.45, 7) is 6.50. The van der Waals surface area contributed by atoms with E-state index in [-0.39, 0.29) is 23.0 Å². The van der Waals surface area contributed by atoms with Gasteiger partial charge in [-0.15, -0.1) is 0 Å². The molecule has 0 saturated heterocycles. The molecule has 0 aliphatic rings. The highest BCUT2D eigenvalue weighted by Gasteiger charge is 2.37. The molecule has 3 N–H and O–H groups in total. The number of rotatable bonds is 10. The molecule has 0 saturated carbocycles. The van der Waals surface area contributed by atoms with E-state index >= 15 is 0 Å². The molecule has 136 valence electrons. The summed E-state index contributed by atoms with van der Waals surface area (Å²) in [6, 6.07) is 5.39. The van der Waals surface area contributed by atoms with Crippen LogP contribution in [0.4, 0.5) is 0 Å². The fourth-order valence-electron chi connectivity index (χ4n) is 2.10. The Balaban J connectivity index is 2.95. The number of Topliss-reactive ketones (excluding diaryl/α,β-unsaturated/α-hetero) is 1. The van der Waals surface area contributed by atoms with E-state index < -0.39 is 26.9 Å². The lowest BCUT2D eigenvalue weighted by Gasteiger charge is -2.33. The third-order valence-corrected chi connectivity index (χ3v) is 6.52. The van der Waals surface area contributed by atoms with Gasteiger partial charge in [0.05, 0.1) is 23.6 Å². The third-order valence-electron chi connectivity index (χ3n) is 3.55. The van der Waals surface area contributed by atoms with E-state index in [0.717, 1.165) is 5.56 Å². The monoisotopic (exact) mass is 377 g/mol. The summed E-state index contributed by atoms with van der Waals surface area (Å²) in [5.41, 5.74) is 0.934. The standard InChI is InChI=1S/C16H25NO5S2/c1-11-5-7-14(8-6-11)24(21,22)17-15(12(2)19)16(3,4)23-10-13(20)9-18/h5-8,13,15,17-18,20H,9-10H2,1-4H3/t13?,15-/m0/s1/i18T. The Morgan fingerprint density at radius 2 is 1.96 bits per heavy atom. The van der Waals surface area contributed by atoms with Crippen LogP contribution in [-0.2, 0) is 14.8 Å². The normalized spacial score (nSPS) is 15.6. The number of sulfonamides is 1. The molecule has 8 heteroatoms. The number of aliphatic hydroxyl groups excluding tert-OH is 2. The Labute approximate surface area is 149 Å². The average Bonchev–Trinajstić information content (AvgIpc) is 2.51. The van der Waals surface area contributed by atoms with Crippen LogP contribution in [0.25, 0.3) is 0 Å². The number of thioether (sulfide) groups is 1. The zero-order chi connectivity index (χ0) is 19.3. The fourth-order valence-corrected chi connectivity index (χ4v) is 4.68.